The molecule has 0 N–H and O–H groups in total. The number of esters is 1. The SMILES string of the molecule is O=C(OCCOCCOCCOCCOCCOCCOCCN1C(=O)C=CC1=O)c1ccccc1. The zero-order chi connectivity index (χ0) is 25.7. The van der Waals surface area contributed by atoms with E-state index in [0.717, 1.165) is 4.90 Å². The summed E-state index contributed by atoms with van der Waals surface area (Å²) < 4.78 is 37.4. The van der Waals surface area contributed by atoms with Crippen molar-refractivity contribution >= 4 is 17.8 Å². The van der Waals surface area contributed by atoms with Crippen LogP contribution in [0.5, 0.6) is 0 Å². The highest BCUT2D eigenvalue weighted by atomic mass is 16.6. The first-order valence-corrected chi connectivity index (χ1v) is 11.9. The maximum atomic E-state index is 11.7. The molecule has 1 aromatic rings. The molecule has 1 heterocycles. The van der Waals surface area contributed by atoms with Crippen molar-refractivity contribution in [3.8, 4) is 0 Å². The third kappa shape index (κ3) is 13.4. The maximum absolute atomic E-state index is 11.7. The van der Waals surface area contributed by atoms with Crippen LogP contribution in [0.2, 0.25) is 0 Å². The zero-order valence-corrected chi connectivity index (χ0v) is 20.5. The van der Waals surface area contributed by atoms with Crippen LogP contribution in [0.4, 0.5) is 0 Å². The largest absolute Gasteiger partial charge is 0.460 e. The summed E-state index contributed by atoms with van der Waals surface area (Å²) in [5.74, 6) is -0.983. The van der Waals surface area contributed by atoms with E-state index in [9.17, 15) is 14.4 Å². The minimum Gasteiger partial charge on any atom is -0.460 e. The molecule has 0 aromatic heterocycles. The van der Waals surface area contributed by atoms with Crippen molar-refractivity contribution in [3.05, 3.63) is 48.0 Å². The summed E-state index contributed by atoms with van der Waals surface area (Å²) in [6, 6.07) is 8.81. The first-order valence-electron chi connectivity index (χ1n) is 11.9. The molecule has 0 fully saturated rings. The van der Waals surface area contributed by atoms with Gasteiger partial charge in [-0.15, -0.1) is 0 Å². The number of hydrogen-bond acceptors (Lipinski definition) is 10. The molecule has 0 spiro atoms. The molecule has 0 atom stereocenters. The predicted molar refractivity (Wildman–Crippen MR) is 127 cm³/mol. The van der Waals surface area contributed by atoms with Crippen molar-refractivity contribution in [2.75, 3.05) is 92.4 Å². The molecule has 0 unspecified atom stereocenters. The molecule has 0 radical (unpaired) electrons. The summed E-state index contributed by atoms with van der Waals surface area (Å²) in [7, 11) is 0. The van der Waals surface area contributed by atoms with Crippen LogP contribution in [-0.2, 0) is 42.7 Å². The summed E-state index contributed by atoms with van der Waals surface area (Å²) in [6.07, 6.45) is 2.50. The maximum Gasteiger partial charge on any atom is 0.338 e. The van der Waals surface area contributed by atoms with E-state index in [1.807, 2.05) is 6.07 Å². The van der Waals surface area contributed by atoms with E-state index < -0.39 is 0 Å². The van der Waals surface area contributed by atoms with Gasteiger partial charge in [0, 0.05) is 12.2 Å². The van der Waals surface area contributed by atoms with Crippen molar-refractivity contribution in [2.45, 2.75) is 0 Å². The molecule has 36 heavy (non-hydrogen) atoms. The van der Waals surface area contributed by atoms with E-state index in [1.54, 1.807) is 24.3 Å². The number of ether oxygens (including phenoxy) is 7. The van der Waals surface area contributed by atoms with Gasteiger partial charge in [0.1, 0.15) is 6.61 Å². The van der Waals surface area contributed by atoms with Gasteiger partial charge in [-0.1, -0.05) is 18.2 Å². The molecule has 0 saturated heterocycles. The second-order valence-electron chi connectivity index (χ2n) is 7.34. The number of carbonyl (C=O) groups excluding carboxylic acids is 3. The monoisotopic (exact) mass is 509 g/mol. The van der Waals surface area contributed by atoms with Crippen LogP contribution in [0, 0.1) is 0 Å². The van der Waals surface area contributed by atoms with Crippen molar-refractivity contribution in [3.63, 3.8) is 0 Å². The highest BCUT2D eigenvalue weighted by molar-refractivity contribution is 6.12. The minimum atomic E-state index is -0.364. The second-order valence-corrected chi connectivity index (χ2v) is 7.34. The Morgan fingerprint density at radius 3 is 1.39 bits per heavy atom. The molecular weight excluding hydrogens is 474 g/mol. The fourth-order valence-corrected chi connectivity index (χ4v) is 2.86. The molecule has 11 nitrogen and oxygen atoms in total. The van der Waals surface area contributed by atoms with Crippen LogP contribution in [0.15, 0.2) is 42.5 Å². The normalized spacial score (nSPS) is 13.1. The van der Waals surface area contributed by atoms with Gasteiger partial charge in [0.05, 0.1) is 91.4 Å². The average Bonchev–Trinajstić information content (AvgIpc) is 3.22. The molecule has 2 rings (SSSR count). The van der Waals surface area contributed by atoms with E-state index in [4.69, 9.17) is 33.2 Å². The van der Waals surface area contributed by atoms with Crippen LogP contribution in [-0.4, -0.2) is 115 Å². The Balaban J connectivity index is 1.22. The first kappa shape index (κ1) is 29.6. The Morgan fingerprint density at radius 2 is 0.944 bits per heavy atom. The Morgan fingerprint density at radius 1 is 0.556 bits per heavy atom. The Kier molecular flexibility index (Phi) is 16.0. The van der Waals surface area contributed by atoms with Gasteiger partial charge in [0.25, 0.3) is 11.8 Å². The highest BCUT2D eigenvalue weighted by Gasteiger charge is 2.22. The highest BCUT2D eigenvalue weighted by Crippen LogP contribution is 2.02. The van der Waals surface area contributed by atoms with E-state index in [1.165, 1.54) is 12.2 Å². The lowest BCUT2D eigenvalue weighted by Crippen LogP contribution is -2.33. The standard InChI is InChI=1S/C25H35NO10/c27-23-6-7-24(28)26(23)8-9-30-10-11-31-12-13-32-14-15-33-16-17-34-18-19-35-20-21-36-25(29)22-4-2-1-3-5-22/h1-7H,8-21H2. The quantitative estimate of drug-likeness (QED) is 0.127. The summed E-state index contributed by atoms with van der Waals surface area (Å²) in [5, 5.41) is 0. The van der Waals surface area contributed by atoms with Gasteiger partial charge >= 0.3 is 5.97 Å². The zero-order valence-electron chi connectivity index (χ0n) is 20.5. The number of hydrogen-bond donors (Lipinski definition) is 0. The predicted octanol–water partition coefficient (Wildman–Crippen LogP) is 0.868. The van der Waals surface area contributed by atoms with Gasteiger partial charge in [-0.05, 0) is 12.1 Å². The molecule has 2 amide bonds. The number of carbonyl (C=O) groups is 3. The summed E-state index contributed by atoms with van der Waals surface area (Å²) in [4.78, 5) is 35.6. The van der Waals surface area contributed by atoms with E-state index in [-0.39, 0.29) is 37.5 Å². The number of rotatable bonds is 22. The molecule has 1 aliphatic rings. The van der Waals surface area contributed by atoms with Gasteiger partial charge in [0.15, 0.2) is 0 Å². The second kappa shape index (κ2) is 19.5. The van der Waals surface area contributed by atoms with E-state index in [0.29, 0.717) is 78.2 Å². The third-order valence-corrected chi connectivity index (χ3v) is 4.69. The Bertz CT molecular complexity index is 768. The van der Waals surface area contributed by atoms with Crippen LogP contribution in [0.25, 0.3) is 0 Å². The lowest BCUT2D eigenvalue weighted by molar-refractivity contribution is -0.137. The Labute approximate surface area is 211 Å². The lowest BCUT2D eigenvalue weighted by Gasteiger charge is -2.13. The number of benzene rings is 1. The fourth-order valence-electron chi connectivity index (χ4n) is 2.86. The van der Waals surface area contributed by atoms with E-state index in [2.05, 4.69) is 0 Å². The fraction of sp³-hybridized carbons (Fsp3) is 0.560. The Hall–Kier alpha value is -2.67. The van der Waals surface area contributed by atoms with Gasteiger partial charge in [-0.25, -0.2) is 4.79 Å². The molecule has 200 valence electrons. The first-order chi connectivity index (χ1) is 17.7. The molecule has 11 heteroatoms. The lowest BCUT2D eigenvalue weighted by atomic mass is 10.2. The third-order valence-electron chi connectivity index (χ3n) is 4.69. The molecule has 1 aromatic carbocycles. The van der Waals surface area contributed by atoms with Gasteiger partial charge < -0.3 is 33.2 Å². The molecule has 1 aliphatic heterocycles. The molecule has 0 bridgehead atoms. The number of nitrogens with zero attached hydrogens (tertiary/aromatic N) is 1. The van der Waals surface area contributed by atoms with Crippen molar-refractivity contribution in [2.24, 2.45) is 0 Å². The topological polar surface area (TPSA) is 119 Å². The number of amides is 2. The van der Waals surface area contributed by atoms with Gasteiger partial charge in [0.2, 0.25) is 0 Å². The molecule has 0 saturated carbocycles. The smallest absolute Gasteiger partial charge is 0.338 e. The average molecular weight is 510 g/mol. The van der Waals surface area contributed by atoms with Crippen molar-refractivity contribution in [1.29, 1.82) is 0 Å². The molecule has 0 aliphatic carbocycles. The van der Waals surface area contributed by atoms with Crippen LogP contribution >= 0.6 is 0 Å². The van der Waals surface area contributed by atoms with Crippen LogP contribution in [0.1, 0.15) is 10.4 Å². The van der Waals surface area contributed by atoms with Gasteiger partial charge in [-0.3, -0.25) is 14.5 Å². The summed E-state index contributed by atoms with van der Waals surface area (Å²) >= 11 is 0. The van der Waals surface area contributed by atoms with Crippen molar-refractivity contribution in [1.82, 2.24) is 4.90 Å². The van der Waals surface area contributed by atoms with Gasteiger partial charge in [-0.2, -0.15) is 0 Å². The number of imide groups is 1. The molecular formula is C25H35NO10. The van der Waals surface area contributed by atoms with E-state index >= 15 is 0 Å². The van der Waals surface area contributed by atoms with Crippen molar-refractivity contribution < 1.29 is 47.5 Å². The summed E-state index contributed by atoms with van der Waals surface area (Å²) in [5.41, 5.74) is 0.518. The van der Waals surface area contributed by atoms with Crippen LogP contribution < -0.4 is 0 Å². The summed E-state index contributed by atoms with van der Waals surface area (Å²) in [6.45, 7) is 5.33. The minimum absolute atomic E-state index is 0.193. The van der Waals surface area contributed by atoms with Crippen LogP contribution in [0.3, 0.4) is 0 Å².